The topological polar surface area (TPSA) is 69.8 Å². The summed E-state index contributed by atoms with van der Waals surface area (Å²) in [5.41, 5.74) is 1.37. The Morgan fingerprint density at radius 3 is 2.68 bits per heavy atom. The molecule has 0 bridgehead atoms. The number of rotatable bonds is 4. The van der Waals surface area contributed by atoms with Crippen LogP contribution >= 0.6 is 34.9 Å². The summed E-state index contributed by atoms with van der Waals surface area (Å²) < 4.78 is 1.71. The second kappa shape index (κ2) is 6.39. The van der Waals surface area contributed by atoms with Crippen molar-refractivity contribution in [3.63, 3.8) is 0 Å². The van der Waals surface area contributed by atoms with Crippen LogP contribution in [0.5, 0.6) is 0 Å². The van der Waals surface area contributed by atoms with Gasteiger partial charge in [-0.2, -0.15) is 5.26 Å². The second-order valence-corrected chi connectivity index (χ2v) is 7.00. The van der Waals surface area contributed by atoms with Gasteiger partial charge in [-0.3, -0.25) is 0 Å². The number of hydrogen-bond donors (Lipinski definition) is 1. The fraction of sp³-hybridized carbons (Fsp3) is 0.250. The van der Waals surface area contributed by atoms with Gasteiger partial charge in [0.2, 0.25) is 0 Å². The Morgan fingerprint density at radius 1 is 1.37 bits per heavy atom. The first kappa shape index (κ1) is 14.3. The molecule has 0 aliphatic rings. The summed E-state index contributed by atoms with van der Waals surface area (Å²) >= 11 is 4.48. The van der Waals surface area contributed by atoms with Crippen molar-refractivity contribution in [3.05, 3.63) is 29.3 Å². The highest BCUT2D eigenvalue weighted by Gasteiger charge is 2.13. The van der Waals surface area contributed by atoms with Gasteiger partial charge in [0.05, 0.1) is 17.7 Å². The Balaban J connectivity index is 2.34. The first-order valence-corrected chi connectivity index (χ1v) is 8.27. The third-order valence-electron chi connectivity index (χ3n) is 2.35. The van der Waals surface area contributed by atoms with Crippen LogP contribution in [0, 0.1) is 11.3 Å². The van der Waals surface area contributed by atoms with Crippen LogP contribution in [0.1, 0.15) is 24.2 Å². The Kier molecular flexibility index (Phi) is 4.82. The molecule has 0 saturated carbocycles. The molecule has 1 heterocycles. The summed E-state index contributed by atoms with van der Waals surface area (Å²) in [6.45, 7) is 1.71. The minimum absolute atomic E-state index is 0.571. The van der Waals surface area contributed by atoms with Crippen molar-refractivity contribution in [1.29, 1.82) is 5.26 Å². The quantitative estimate of drug-likeness (QED) is 0.874. The summed E-state index contributed by atoms with van der Waals surface area (Å²) in [6.07, 6.45) is 1.37. The molecule has 0 saturated heterocycles. The Morgan fingerprint density at radius 2 is 2.11 bits per heavy atom. The standard InChI is InChI=1S/C12H11N3OS3/c1-7(16)9-4-3-8(6-13)5-10(9)18-12-15-14-11(17-2)19-12/h3-5,7,16H,1-2H3/t7-/m0/s1. The molecule has 0 aliphatic carbocycles. The molecular formula is C12H11N3OS3. The van der Waals surface area contributed by atoms with E-state index in [-0.39, 0.29) is 0 Å². The van der Waals surface area contributed by atoms with Gasteiger partial charge in [-0.05, 0) is 30.9 Å². The van der Waals surface area contributed by atoms with E-state index in [1.807, 2.05) is 6.26 Å². The number of nitriles is 1. The van der Waals surface area contributed by atoms with Gasteiger partial charge >= 0.3 is 0 Å². The van der Waals surface area contributed by atoms with Gasteiger partial charge in [-0.15, -0.1) is 10.2 Å². The van der Waals surface area contributed by atoms with E-state index >= 15 is 0 Å². The zero-order valence-electron chi connectivity index (χ0n) is 10.3. The lowest BCUT2D eigenvalue weighted by Gasteiger charge is -2.10. The molecular weight excluding hydrogens is 298 g/mol. The average molecular weight is 309 g/mol. The number of aliphatic hydroxyl groups excluding tert-OH is 1. The molecule has 2 aromatic rings. The number of thioether (sulfide) groups is 1. The highest BCUT2D eigenvalue weighted by molar-refractivity contribution is 8.03. The maximum absolute atomic E-state index is 9.76. The minimum Gasteiger partial charge on any atom is -0.389 e. The highest BCUT2D eigenvalue weighted by Crippen LogP contribution is 2.36. The molecule has 0 radical (unpaired) electrons. The van der Waals surface area contributed by atoms with E-state index in [0.29, 0.717) is 5.56 Å². The number of nitrogens with zero attached hydrogens (tertiary/aromatic N) is 3. The highest BCUT2D eigenvalue weighted by atomic mass is 32.2. The Hall–Kier alpha value is -1.07. The summed E-state index contributed by atoms with van der Waals surface area (Å²) in [5, 5.41) is 26.8. The van der Waals surface area contributed by atoms with E-state index in [1.165, 1.54) is 23.1 Å². The van der Waals surface area contributed by atoms with Crippen LogP contribution in [0.4, 0.5) is 0 Å². The van der Waals surface area contributed by atoms with Gasteiger partial charge in [-0.25, -0.2) is 0 Å². The molecule has 7 heteroatoms. The SMILES string of the molecule is CSc1nnc(Sc2cc(C#N)ccc2[C@H](C)O)s1. The maximum atomic E-state index is 9.76. The summed E-state index contributed by atoms with van der Waals surface area (Å²) in [7, 11) is 0. The molecule has 98 valence electrons. The van der Waals surface area contributed by atoms with Crippen molar-refractivity contribution in [2.45, 2.75) is 26.6 Å². The van der Waals surface area contributed by atoms with Crippen molar-refractivity contribution in [1.82, 2.24) is 10.2 Å². The van der Waals surface area contributed by atoms with Gasteiger partial charge < -0.3 is 5.11 Å². The van der Waals surface area contributed by atoms with E-state index in [2.05, 4.69) is 16.3 Å². The summed E-state index contributed by atoms with van der Waals surface area (Å²) in [6, 6.07) is 7.36. The Labute approximate surface area is 123 Å². The monoisotopic (exact) mass is 309 g/mol. The number of aromatic nitrogens is 2. The van der Waals surface area contributed by atoms with Gasteiger partial charge in [0.25, 0.3) is 0 Å². The van der Waals surface area contributed by atoms with Crippen LogP contribution in [-0.2, 0) is 0 Å². The lowest BCUT2D eigenvalue weighted by atomic mass is 10.1. The van der Waals surface area contributed by atoms with Crippen LogP contribution in [-0.4, -0.2) is 21.6 Å². The number of hydrogen-bond acceptors (Lipinski definition) is 7. The van der Waals surface area contributed by atoms with Gasteiger partial charge in [0.15, 0.2) is 8.68 Å². The molecule has 4 nitrogen and oxygen atoms in total. The van der Waals surface area contributed by atoms with Crippen LogP contribution < -0.4 is 0 Å². The number of aliphatic hydroxyl groups is 1. The predicted octanol–water partition coefficient (Wildman–Crippen LogP) is 3.34. The molecule has 0 fully saturated rings. The molecule has 0 aliphatic heterocycles. The third kappa shape index (κ3) is 3.48. The maximum Gasteiger partial charge on any atom is 0.179 e. The third-order valence-corrected chi connectivity index (χ3v) is 5.38. The minimum atomic E-state index is -0.580. The van der Waals surface area contributed by atoms with Crippen molar-refractivity contribution >= 4 is 34.9 Å². The van der Waals surface area contributed by atoms with E-state index < -0.39 is 6.10 Å². The fourth-order valence-corrected chi connectivity index (χ4v) is 4.10. The van der Waals surface area contributed by atoms with Crippen LogP contribution in [0.3, 0.4) is 0 Å². The first-order chi connectivity index (χ1) is 9.13. The van der Waals surface area contributed by atoms with E-state index in [4.69, 9.17) is 5.26 Å². The smallest absolute Gasteiger partial charge is 0.179 e. The zero-order chi connectivity index (χ0) is 13.8. The number of benzene rings is 1. The Bertz CT molecular complexity index is 619. The van der Waals surface area contributed by atoms with E-state index in [9.17, 15) is 5.11 Å². The first-order valence-electron chi connectivity index (χ1n) is 5.41. The lowest BCUT2D eigenvalue weighted by Crippen LogP contribution is -1.94. The molecule has 0 amide bonds. The molecule has 0 spiro atoms. The van der Waals surface area contributed by atoms with Crippen LogP contribution in [0.2, 0.25) is 0 Å². The predicted molar refractivity (Wildman–Crippen MR) is 77.6 cm³/mol. The van der Waals surface area contributed by atoms with Gasteiger partial charge in [-0.1, -0.05) is 40.9 Å². The lowest BCUT2D eigenvalue weighted by molar-refractivity contribution is 0.196. The second-order valence-electron chi connectivity index (χ2n) is 3.68. The summed E-state index contributed by atoms with van der Waals surface area (Å²) in [5.74, 6) is 0. The molecule has 1 N–H and O–H groups in total. The average Bonchev–Trinajstić information content (AvgIpc) is 2.86. The van der Waals surface area contributed by atoms with Crippen LogP contribution in [0.15, 0.2) is 31.8 Å². The van der Waals surface area contributed by atoms with Crippen molar-refractivity contribution < 1.29 is 5.11 Å². The normalized spacial score (nSPS) is 12.1. The van der Waals surface area contributed by atoms with Crippen molar-refractivity contribution in [3.8, 4) is 6.07 Å². The van der Waals surface area contributed by atoms with E-state index in [1.54, 1.807) is 36.9 Å². The zero-order valence-corrected chi connectivity index (χ0v) is 12.8. The molecule has 1 atom stereocenters. The van der Waals surface area contributed by atoms with Gasteiger partial charge in [0.1, 0.15) is 0 Å². The molecule has 0 unspecified atom stereocenters. The molecule has 2 rings (SSSR count). The van der Waals surface area contributed by atoms with E-state index in [0.717, 1.165) is 19.1 Å². The summed E-state index contributed by atoms with van der Waals surface area (Å²) in [4.78, 5) is 0.845. The van der Waals surface area contributed by atoms with Crippen LogP contribution in [0.25, 0.3) is 0 Å². The molecule has 1 aromatic heterocycles. The van der Waals surface area contributed by atoms with Crippen molar-refractivity contribution in [2.75, 3.05) is 6.26 Å². The van der Waals surface area contributed by atoms with Crippen molar-refractivity contribution in [2.24, 2.45) is 0 Å². The largest absolute Gasteiger partial charge is 0.389 e. The molecule has 1 aromatic carbocycles. The molecule has 19 heavy (non-hydrogen) atoms. The fourth-order valence-electron chi connectivity index (χ4n) is 1.45. The van der Waals surface area contributed by atoms with Gasteiger partial charge in [0, 0.05) is 4.90 Å².